The highest BCUT2D eigenvalue weighted by atomic mass is 35.5. The SMILES string of the molecule is CC(=O)N(c1ccc(Cl)cc1)C1CSC1. The summed E-state index contributed by atoms with van der Waals surface area (Å²) in [7, 11) is 0. The quantitative estimate of drug-likeness (QED) is 0.794. The van der Waals surface area contributed by atoms with Crippen LogP contribution in [0.2, 0.25) is 5.02 Å². The molecule has 0 aromatic heterocycles. The standard InChI is InChI=1S/C11H12ClNOS/c1-8(14)13(11-6-15-7-11)10-4-2-9(12)3-5-10/h2-5,11H,6-7H2,1H3. The van der Waals surface area contributed by atoms with Gasteiger partial charge in [-0.3, -0.25) is 4.79 Å². The molecule has 15 heavy (non-hydrogen) atoms. The first-order chi connectivity index (χ1) is 7.18. The summed E-state index contributed by atoms with van der Waals surface area (Å²) in [5.41, 5.74) is 0.942. The second-order valence-corrected chi connectivity index (χ2v) is 5.07. The number of halogens is 1. The molecule has 1 aromatic rings. The zero-order valence-corrected chi connectivity index (χ0v) is 10.0. The van der Waals surface area contributed by atoms with E-state index < -0.39 is 0 Å². The first kappa shape index (κ1) is 10.8. The molecule has 1 aromatic carbocycles. The van der Waals surface area contributed by atoms with Gasteiger partial charge in [0.05, 0.1) is 6.04 Å². The van der Waals surface area contributed by atoms with Gasteiger partial charge in [-0.25, -0.2) is 0 Å². The molecule has 1 aliphatic rings. The van der Waals surface area contributed by atoms with Crippen molar-refractivity contribution in [3.63, 3.8) is 0 Å². The Hall–Kier alpha value is -0.670. The Kier molecular flexibility index (Phi) is 3.22. The summed E-state index contributed by atoms with van der Waals surface area (Å²) in [6.45, 7) is 1.61. The van der Waals surface area contributed by atoms with Crippen molar-refractivity contribution in [1.29, 1.82) is 0 Å². The van der Waals surface area contributed by atoms with E-state index in [1.54, 1.807) is 6.92 Å². The number of rotatable bonds is 2. The molecule has 0 spiro atoms. The number of carbonyl (C=O) groups excluding carboxylic acids is 1. The van der Waals surface area contributed by atoms with Crippen molar-refractivity contribution in [3.8, 4) is 0 Å². The van der Waals surface area contributed by atoms with Gasteiger partial charge in [0.2, 0.25) is 5.91 Å². The fourth-order valence-electron chi connectivity index (χ4n) is 1.62. The Morgan fingerprint density at radius 1 is 1.40 bits per heavy atom. The lowest BCUT2D eigenvalue weighted by Crippen LogP contribution is -2.47. The van der Waals surface area contributed by atoms with Gasteiger partial charge in [0.25, 0.3) is 0 Å². The summed E-state index contributed by atoms with van der Waals surface area (Å²) in [5, 5.41) is 0.699. The van der Waals surface area contributed by atoms with Crippen LogP contribution in [0.15, 0.2) is 24.3 Å². The lowest BCUT2D eigenvalue weighted by Gasteiger charge is -2.36. The number of amides is 1. The molecule has 1 heterocycles. The van der Waals surface area contributed by atoms with Crippen LogP contribution in [0.1, 0.15) is 6.92 Å². The smallest absolute Gasteiger partial charge is 0.224 e. The monoisotopic (exact) mass is 241 g/mol. The Labute approximate surface area is 98.6 Å². The molecule has 0 saturated carbocycles. The molecule has 1 amide bonds. The van der Waals surface area contributed by atoms with Gasteiger partial charge in [-0.15, -0.1) is 0 Å². The van der Waals surface area contributed by atoms with Crippen molar-refractivity contribution in [3.05, 3.63) is 29.3 Å². The third-order valence-electron chi connectivity index (χ3n) is 2.43. The van der Waals surface area contributed by atoms with Gasteiger partial charge in [0.1, 0.15) is 0 Å². The summed E-state index contributed by atoms with van der Waals surface area (Å²) >= 11 is 7.68. The van der Waals surface area contributed by atoms with E-state index in [1.807, 2.05) is 40.9 Å². The highest BCUT2D eigenvalue weighted by Gasteiger charge is 2.28. The minimum Gasteiger partial charge on any atom is -0.308 e. The van der Waals surface area contributed by atoms with Crippen molar-refractivity contribution in [2.24, 2.45) is 0 Å². The van der Waals surface area contributed by atoms with Crippen LogP contribution >= 0.6 is 23.4 Å². The maximum Gasteiger partial charge on any atom is 0.224 e. The van der Waals surface area contributed by atoms with Gasteiger partial charge in [0, 0.05) is 29.1 Å². The molecule has 1 aliphatic heterocycles. The first-order valence-electron chi connectivity index (χ1n) is 4.81. The molecule has 0 N–H and O–H groups in total. The minimum absolute atomic E-state index is 0.0997. The molecule has 4 heteroatoms. The fraction of sp³-hybridized carbons (Fsp3) is 0.364. The lowest BCUT2D eigenvalue weighted by molar-refractivity contribution is -0.116. The summed E-state index contributed by atoms with van der Waals surface area (Å²) in [4.78, 5) is 13.4. The zero-order chi connectivity index (χ0) is 10.8. The van der Waals surface area contributed by atoms with Gasteiger partial charge in [0.15, 0.2) is 0 Å². The minimum atomic E-state index is 0.0997. The van der Waals surface area contributed by atoms with E-state index in [0.717, 1.165) is 17.2 Å². The Morgan fingerprint density at radius 3 is 2.40 bits per heavy atom. The second-order valence-electron chi connectivity index (χ2n) is 3.56. The third-order valence-corrected chi connectivity index (χ3v) is 3.92. The highest BCUT2D eigenvalue weighted by molar-refractivity contribution is 8.00. The number of nitrogens with zero attached hydrogens (tertiary/aromatic N) is 1. The van der Waals surface area contributed by atoms with Crippen LogP contribution in [0.3, 0.4) is 0 Å². The molecule has 80 valence electrons. The van der Waals surface area contributed by atoms with E-state index in [2.05, 4.69) is 0 Å². The van der Waals surface area contributed by atoms with Gasteiger partial charge < -0.3 is 4.90 Å². The summed E-state index contributed by atoms with van der Waals surface area (Å²) < 4.78 is 0. The van der Waals surface area contributed by atoms with Crippen LogP contribution in [-0.4, -0.2) is 23.5 Å². The predicted octanol–water partition coefficient (Wildman–Crippen LogP) is 2.81. The van der Waals surface area contributed by atoms with Crippen molar-refractivity contribution in [2.45, 2.75) is 13.0 Å². The van der Waals surface area contributed by atoms with Crippen LogP contribution in [0.4, 0.5) is 5.69 Å². The summed E-state index contributed by atoms with van der Waals surface area (Å²) in [6.07, 6.45) is 0. The topological polar surface area (TPSA) is 20.3 Å². The Balaban J connectivity index is 2.23. The maximum atomic E-state index is 11.5. The highest BCUT2D eigenvalue weighted by Crippen LogP contribution is 2.28. The van der Waals surface area contributed by atoms with Gasteiger partial charge in [-0.05, 0) is 24.3 Å². The normalized spacial score (nSPS) is 15.9. The number of hydrogen-bond acceptors (Lipinski definition) is 2. The van der Waals surface area contributed by atoms with E-state index in [-0.39, 0.29) is 5.91 Å². The molecule has 1 fully saturated rings. The van der Waals surface area contributed by atoms with Crippen molar-refractivity contribution in [2.75, 3.05) is 16.4 Å². The van der Waals surface area contributed by atoms with Crippen molar-refractivity contribution >= 4 is 35.0 Å². The molecule has 0 radical (unpaired) electrons. The lowest BCUT2D eigenvalue weighted by atomic mass is 10.2. The van der Waals surface area contributed by atoms with Crippen molar-refractivity contribution < 1.29 is 4.79 Å². The first-order valence-corrected chi connectivity index (χ1v) is 6.35. The maximum absolute atomic E-state index is 11.5. The number of thioether (sulfide) groups is 1. The zero-order valence-electron chi connectivity index (χ0n) is 8.44. The number of carbonyl (C=O) groups is 1. The second kappa shape index (κ2) is 4.45. The Bertz CT molecular complexity index is 361. The third kappa shape index (κ3) is 2.29. The average Bonchev–Trinajstić information content (AvgIpc) is 2.12. The number of anilines is 1. The van der Waals surface area contributed by atoms with E-state index >= 15 is 0 Å². The van der Waals surface area contributed by atoms with E-state index in [9.17, 15) is 4.79 Å². The van der Waals surface area contributed by atoms with E-state index in [0.29, 0.717) is 11.1 Å². The molecular weight excluding hydrogens is 230 g/mol. The van der Waals surface area contributed by atoms with Crippen LogP contribution in [-0.2, 0) is 4.79 Å². The summed E-state index contributed by atoms with van der Waals surface area (Å²) in [6, 6.07) is 7.78. The molecule has 2 nitrogen and oxygen atoms in total. The fourth-order valence-corrected chi connectivity index (χ4v) is 2.49. The van der Waals surface area contributed by atoms with Crippen molar-refractivity contribution in [1.82, 2.24) is 0 Å². The molecule has 1 saturated heterocycles. The van der Waals surface area contributed by atoms with Crippen LogP contribution in [0.25, 0.3) is 0 Å². The Morgan fingerprint density at radius 2 is 2.00 bits per heavy atom. The predicted molar refractivity (Wildman–Crippen MR) is 65.7 cm³/mol. The molecule has 0 atom stereocenters. The molecule has 0 aliphatic carbocycles. The molecular formula is C11H12ClNOS. The van der Waals surface area contributed by atoms with Gasteiger partial charge in [-0.2, -0.15) is 11.8 Å². The van der Waals surface area contributed by atoms with E-state index in [4.69, 9.17) is 11.6 Å². The van der Waals surface area contributed by atoms with Crippen LogP contribution in [0.5, 0.6) is 0 Å². The van der Waals surface area contributed by atoms with Gasteiger partial charge in [-0.1, -0.05) is 11.6 Å². The van der Waals surface area contributed by atoms with E-state index in [1.165, 1.54) is 0 Å². The molecule has 0 unspecified atom stereocenters. The number of hydrogen-bond donors (Lipinski definition) is 0. The van der Waals surface area contributed by atoms with Crippen LogP contribution < -0.4 is 4.90 Å². The summed E-state index contributed by atoms with van der Waals surface area (Å²) in [5.74, 6) is 2.16. The molecule has 0 bridgehead atoms. The largest absolute Gasteiger partial charge is 0.308 e. The van der Waals surface area contributed by atoms with Gasteiger partial charge >= 0.3 is 0 Å². The van der Waals surface area contributed by atoms with Crippen LogP contribution in [0, 0.1) is 0 Å². The molecule has 2 rings (SSSR count). The number of benzene rings is 1. The average molecular weight is 242 g/mol.